The van der Waals surface area contributed by atoms with Crippen molar-refractivity contribution in [3.8, 4) is 5.75 Å². The molecule has 4 heteroatoms. The van der Waals surface area contributed by atoms with Crippen LogP contribution in [0, 0.1) is 0 Å². The van der Waals surface area contributed by atoms with Crippen molar-refractivity contribution in [2.45, 2.75) is 0 Å². The Kier molecular flexibility index (Phi) is 2.33. The Morgan fingerprint density at radius 3 is 2.80 bits per heavy atom. The monoisotopic (exact) mass is 205 g/mol. The second kappa shape index (κ2) is 3.65. The van der Waals surface area contributed by atoms with Gasteiger partial charge in [-0.05, 0) is 18.2 Å². The Hall–Kier alpha value is -1.97. The van der Waals surface area contributed by atoms with Crippen LogP contribution in [0.5, 0.6) is 5.75 Å². The van der Waals surface area contributed by atoms with Crippen LogP contribution in [-0.2, 0) is 4.74 Å². The Morgan fingerprint density at radius 1 is 1.33 bits per heavy atom. The van der Waals surface area contributed by atoms with Gasteiger partial charge in [-0.1, -0.05) is 0 Å². The average Bonchev–Trinajstić information content (AvgIpc) is 2.74. The highest BCUT2D eigenvalue weighted by molar-refractivity contribution is 5.97. The number of methoxy groups -OCH3 is 2. The van der Waals surface area contributed by atoms with Gasteiger partial charge in [-0.3, -0.25) is 0 Å². The van der Waals surface area contributed by atoms with E-state index in [1.807, 2.05) is 6.07 Å². The lowest BCUT2D eigenvalue weighted by molar-refractivity contribution is 0.0600. The third-order valence-electron chi connectivity index (χ3n) is 2.26. The van der Waals surface area contributed by atoms with Gasteiger partial charge in [-0.25, -0.2) is 4.79 Å². The molecular weight excluding hydrogens is 194 g/mol. The molecule has 0 unspecified atom stereocenters. The summed E-state index contributed by atoms with van der Waals surface area (Å²) in [5, 5.41) is 0.926. The quantitative estimate of drug-likeness (QED) is 0.762. The van der Waals surface area contributed by atoms with Crippen molar-refractivity contribution in [2.75, 3.05) is 14.2 Å². The number of hydrogen-bond acceptors (Lipinski definition) is 3. The van der Waals surface area contributed by atoms with Gasteiger partial charge in [0.2, 0.25) is 0 Å². The highest BCUT2D eigenvalue weighted by atomic mass is 16.5. The van der Waals surface area contributed by atoms with Gasteiger partial charge in [0.1, 0.15) is 5.75 Å². The fraction of sp³-hybridized carbons (Fsp3) is 0.182. The summed E-state index contributed by atoms with van der Waals surface area (Å²) >= 11 is 0. The number of aromatic amines is 1. The summed E-state index contributed by atoms with van der Waals surface area (Å²) < 4.78 is 9.84. The second-order valence-corrected chi connectivity index (χ2v) is 3.11. The van der Waals surface area contributed by atoms with Crippen LogP contribution < -0.4 is 4.74 Å². The summed E-state index contributed by atoms with van der Waals surface area (Å²) in [7, 11) is 2.92. The zero-order chi connectivity index (χ0) is 10.8. The molecule has 0 atom stereocenters. The molecule has 2 aromatic rings. The molecule has 0 saturated heterocycles. The van der Waals surface area contributed by atoms with Gasteiger partial charge in [0, 0.05) is 11.6 Å². The third kappa shape index (κ3) is 1.54. The van der Waals surface area contributed by atoms with Gasteiger partial charge >= 0.3 is 5.97 Å². The molecule has 1 aromatic heterocycles. The lowest BCUT2D eigenvalue weighted by atomic mass is 10.1. The molecule has 4 nitrogen and oxygen atoms in total. The summed E-state index contributed by atoms with van der Waals surface area (Å²) in [5.41, 5.74) is 1.37. The van der Waals surface area contributed by atoms with Crippen molar-refractivity contribution in [3.05, 3.63) is 30.0 Å². The molecule has 1 N–H and O–H groups in total. The molecule has 15 heavy (non-hydrogen) atoms. The van der Waals surface area contributed by atoms with E-state index in [4.69, 9.17) is 4.74 Å². The average molecular weight is 205 g/mol. The number of aromatic nitrogens is 1. The summed E-state index contributed by atoms with van der Waals surface area (Å²) in [6.45, 7) is 0. The number of esters is 1. The van der Waals surface area contributed by atoms with Gasteiger partial charge < -0.3 is 14.5 Å². The minimum atomic E-state index is -0.364. The van der Waals surface area contributed by atoms with Crippen LogP contribution in [0.1, 0.15) is 10.4 Å². The maximum absolute atomic E-state index is 11.4. The molecule has 0 aliphatic carbocycles. The third-order valence-corrected chi connectivity index (χ3v) is 2.26. The molecule has 0 fully saturated rings. The molecule has 1 aromatic carbocycles. The number of benzene rings is 1. The van der Waals surface area contributed by atoms with Crippen molar-refractivity contribution in [2.24, 2.45) is 0 Å². The predicted octanol–water partition coefficient (Wildman–Crippen LogP) is 1.96. The SMILES string of the molecule is COC(=O)c1cc(OC)c2[nH]ccc2c1. The second-order valence-electron chi connectivity index (χ2n) is 3.11. The summed E-state index contributed by atoms with van der Waals surface area (Å²) in [4.78, 5) is 14.4. The summed E-state index contributed by atoms with van der Waals surface area (Å²) in [6.07, 6.45) is 1.80. The Bertz CT molecular complexity index is 502. The predicted molar refractivity (Wildman–Crippen MR) is 56.2 cm³/mol. The van der Waals surface area contributed by atoms with E-state index < -0.39 is 0 Å². The van der Waals surface area contributed by atoms with Crippen LogP contribution in [0.15, 0.2) is 24.4 Å². The molecule has 0 radical (unpaired) electrons. The van der Waals surface area contributed by atoms with E-state index in [0.29, 0.717) is 11.3 Å². The summed E-state index contributed by atoms with van der Waals surface area (Å²) in [6, 6.07) is 5.30. The van der Waals surface area contributed by atoms with E-state index >= 15 is 0 Å². The number of fused-ring (bicyclic) bond motifs is 1. The van der Waals surface area contributed by atoms with Crippen LogP contribution >= 0.6 is 0 Å². The first-order chi connectivity index (χ1) is 7.26. The minimum Gasteiger partial charge on any atom is -0.495 e. The molecule has 0 amide bonds. The van der Waals surface area contributed by atoms with E-state index in [2.05, 4.69) is 9.72 Å². The van der Waals surface area contributed by atoms with Crippen molar-refractivity contribution in [1.82, 2.24) is 4.98 Å². The maximum atomic E-state index is 11.4. The van der Waals surface area contributed by atoms with Crippen LogP contribution in [0.25, 0.3) is 10.9 Å². The fourth-order valence-corrected chi connectivity index (χ4v) is 1.53. The highest BCUT2D eigenvalue weighted by Crippen LogP contribution is 2.26. The van der Waals surface area contributed by atoms with Gasteiger partial charge in [0.25, 0.3) is 0 Å². The van der Waals surface area contributed by atoms with E-state index in [-0.39, 0.29) is 5.97 Å². The van der Waals surface area contributed by atoms with E-state index in [1.165, 1.54) is 7.11 Å². The van der Waals surface area contributed by atoms with E-state index in [0.717, 1.165) is 10.9 Å². The van der Waals surface area contributed by atoms with Gasteiger partial charge in [-0.15, -0.1) is 0 Å². The van der Waals surface area contributed by atoms with Crippen molar-refractivity contribution < 1.29 is 14.3 Å². The largest absolute Gasteiger partial charge is 0.495 e. The zero-order valence-corrected chi connectivity index (χ0v) is 8.53. The van der Waals surface area contributed by atoms with Gasteiger partial charge in [-0.2, -0.15) is 0 Å². The molecule has 0 saturated carbocycles. The number of rotatable bonds is 2. The minimum absolute atomic E-state index is 0.364. The fourth-order valence-electron chi connectivity index (χ4n) is 1.53. The molecule has 0 bridgehead atoms. The molecule has 78 valence electrons. The Balaban J connectivity index is 2.63. The number of nitrogens with one attached hydrogen (secondary N) is 1. The smallest absolute Gasteiger partial charge is 0.338 e. The van der Waals surface area contributed by atoms with Crippen LogP contribution in [0.3, 0.4) is 0 Å². The van der Waals surface area contributed by atoms with E-state index in [1.54, 1.807) is 25.4 Å². The molecule has 2 rings (SSSR count). The first-order valence-electron chi connectivity index (χ1n) is 4.49. The van der Waals surface area contributed by atoms with Crippen LogP contribution in [0.2, 0.25) is 0 Å². The van der Waals surface area contributed by atoms with Crippen LogP contribution in [-0.4, -0.2) is 25.2 Å². The van der Waals surface area contributed by atoms with Crippen molar-refractivity contribution in [1.29, 1.82) is 0 Å². The first kappa shape index (κ1) is 9.58. The lowest BCUT2D eigenvalue weighted by Gasteiger charge is -2.04. The topological polar surface area (TPSA) is 51.3 Å². The standard InChI is InChI=1S/C11H11NO3/c1-14-9-6-8(11(13)15-2)5-7-3-4-12-10(7)9/h3-6,12H,1-2H3. The number of carbonyl (C=O) groups is 1. The van der Waals surface area contributed by atoms with E-state index in [9.17, 15) is 4.79 Å². The van der Waals surface area contributed by atoms with Crippen LogP contribution in [0.4, 0.5) is 0 Å². The molecule has 0 spiro atoms. The Morgan fingerprint density at radius 2 is 2.13 bits per heavy atom. The van der Waals surface area contributed by atoms with Crippen molar-refractivity contribution >= 4 is 16.9 Å². The normalized spacial score (nSPS) is 10.3. The molecular formula is C11H11NO3. The number of hydrogen-bond donors (Lipinski definition) is 1. The number of H-pyrrole nitrogens is 1. The molecule has 0 aliphatic rings. The summed E-state index contributed by atoms with van der Waals surface area (Å²) in [5.74, 6) is 0.273. The number of ether oxygens (including phenoxy) is 2. The zero-order valence-electron chi connectivity index (χ0n) is 8.53. The first-order valence-corrected chi connectivity index (χ1v) is 4.49. The maximum Gasteiger partial charge on any atom is 0.338 e. The number of carbonyl (C=O) groups excluding carboxylic acids is 1. The lowest BCUT2D eigenvalue weighted by Crippen LogP contribution is -2.01. The van der Waals surface area contributed by atoms with Gasteiger partial charge in [0.15, 0.2) is 0 Å². The molecule has 0 aliphatic heterocycles. The highest BCUT2D eigenvalue weighted by Gasteiger charge is 2.11. The van der Waals surface area contributed by atoms with Gasteiger partial charge in [0.05, 0.1) is 25.3 Å². The molecule has 1 heterocycles. The Labute approximate surface area is 86.8 Å². The van der Waals surface area contributed by atoms with Crippen molar-refractivity contribution in [3.63, 3.8) is 0 Å².